The summed E-state index contributed by atoms with van der Waals surface area (Å²) in [5, 5.41) is 0. The molecule has 7 heteroatoms. The molecule has 0 saturated carbocycles. The van der Waals surface area contributed by atoms with E-state index in [1.54, 1.807) is 0 Å². The quantitative estimate of drug-likeness (QED) is 0.542. The lowest BCUT2D eigenvalue weighted by Gasteiger charge is -2.31. The number of carbonyl (C=O) groups is 3. The van der Waals surface area contributed by atoms with Crippen molar-refractivity contribution in [1.29, 1.82) is 0 Å². The van der Waals surface area contributed by atoms with E-state index in [1.807, 2.05) is 79.4 Å². The zero-order valence-electron chi connectivity index (χ0n) is 20.1. The lowest BCUT2D eigenvalue weighted by atomic mass is 9.98. The third kappa shape index (κ3) is 6.74. The maximum absolute atomic E-state index is 13.6. The minimum Gasteiger partial charge on any atom is -0.460 e. The topological polar surface area (TPSA) is 92.9 Å². The fourth-order valence-electron chi connectivity index (χ4n) is 4.13. The molecule has 1 heterocycles. The predicted molar refractivity (Wildman–Crippen MR) is 130 cm³/mol. The van der Waals surface area contributed by atoms with Crippen LogP contribution in [0.4, 0.5) is 0 Å². The highest BCUT2D eigenvalue weighted by Crippen LogP contribution is 2.22. The Labute approximate surface area is 201 Å². The van der Waals surface area contributed by atoms with Gasteiger partial charge in [0.15, 0.2) is 0 Å². The first-order chi connectivity index (χ1) is 16.4. The van der Waals surface area contributed by atoms with Crippen molar-refractivity contribution >= 4 is 17.8 Å². The second-order valence-electron chi connectivity index (χ2n) is 8.93. The third-order valence-corrected chi connectivity index (χ3v) is 6.48. The number of hydrogen-bond acceptors (Lipinski definition) is 6. The summed E-state index contributed by atoms with van der Waals surface area (Å²) in [5.41, 5.74) is 8.00. The molecule has 3 atom stereocenters. The number of nitrogens with two attached hydrogens (primary N) is 1. The lowest BCUT2D eigenvalue weighted by Crippen LogP contribution is -2.54. The van der Waals surface area contributed by atoms with Crippen LogP contribution in [-0.2, 0) is 32.3 Å². The Morgan fingerprint density at radius 2 is 1.68 bits per heavy atom. The molecule has 0 bridgehead atoms. The molecule has 2 aromatic rings. The molecular formula is C27H35N3O4. The molecule has 1 aliphatic rings. The van der Waals surface area contributed by atoms with Gasteiger partial charge in [-0.05, 0) is 36.4 Å². The average molecular weight is 466 g/mol. The second kappa shape index (κ2) is 12.4. The number of likely N-dealkylation sites (tertiary alicyclic amines) is 1. The molecule has 0 unspecified atom stereocenters. The van der Waals surface area contributed by atoms with Crippen LogP contribution in [0.2, 0.25) is 0 Å². The van der Waals surface area contributed by atoms with Gasteiger partial charge in [-0.2, -0.15) is 0 Å². The van der Waals surface area contributed by atoms with E-state index in [0.717, 1.165) is 24.0 Å². The van der Waals surface area contributed by atoms with Crippen LogP contribution in [0.1, 0.15) is 44.2 Å². The molecule has 2 aromatic carbocycles. The third-order valence-electron chi connectivity index (χ3n) is 6.48. The van der Waals surface area contributed by atoms with E-state index in [2.05, 4.69) is 0 Å². The first kappa shape index (κ1) is 25.6. The molecule has 0 radical (unpaired) electrons. The summed E-state index contributed by atoms with van der Waals surface area (Å²) in [5.74, 6) is -1.12. The first-order valence-corrected chi connectivity index (χ1v) is 12.0. The van der Waals surface area contributed by atoms with E-state index in [-0.39, 0.29) is 43.4 Å². The van der Waals surface area contributed by atoms with Crippen LogP contribution >= 0.6 is 0 Å². The van der Waals surface area contributed by atoms with Crippen molar-refractivity contribution in [1.82, 2.24) is 9.80 Å². The van der Waals surface area contributed by atoms with Gasteiger partial charge >= 0.3 is 5.97 Å². The molecule has 1 saturated heterocycles. The van der Waals surface area contributed by atoms with Gasteiger partial charge in [0.2, 0.25) is 11.8 Å². The zero-order chi connectivity index (χ0) is 24.5. The summed E-state index contributed by atoms with van der Waals surface area (Å²) in [6.07, 6.45) is 2.10. The van der Waals surface area contributed by atoms with Crippen LogP contribution in [-0.4, -0.2) is 52.8 Å². The molecule has 182 valence electrons. The van der Waals surface area contributed by atoms with Crippen LogP contribution in [0.15, 0.2) is 60.7 Å². The van der Waals surface area contributed by atoms with Crippen molar-refractivity contribution in [3.8, 4) is 0 Å². The molecule has 7 nitrogen and oxygen atoms in total. The van der Waals surface area contributed by atoms with Crippen molar-refractivity contribution < 1.29 is 19.1 Å². The van der Waals surface area contributed by atoms with Crippen molar-refractivity contribution in [2.45, 2.75) is 58.3 Å². The summed E-state index contributed by atoms with van der Waals surface area (Å²) in [6.45, 7) is 4.84. The van der Waals surface area contributed by atoms with Crippen LogP contribution in [0.3, 0.4) is 0 Å². The molecule has 0 spiro atoms. The van der Waals surface area contributed by atoms with Crippen LogP contribution < -0.4 is 5.73 Å². The Morgan fingerprint density at radius 1 is 1.06 bits per heavy atom. The number of nitrogens with zero attached hydrogens (tertiary/aromatic N) is 2. The number of carbonyl (C=O) groups excluding carboxylic acids is 3. The highest BCUT2D eigenvalue weighted by molar-refractivity contribution is 6.00. The van der Waals surface area contributed by atoms with E-state index in [1.165, 1.54) is 4.90 Å². The molecule has 34 heavy (non-hydrogen) atoms. The fraction of sp³-hybridized carbons (Fsp3) is 0.444. The van der Waals surface area contributed by atoms with Gasteiger partial charge in [0.1, 0.15) is 6.61 Å². The Balaban J connectivity index is 1.70. The maximum Gasteiger partial charge on any atom is 0.320 e. The molecule has 0 aromatic heterocycles. The van der Waals surface area contributed by atoms with E-state index >= 15 is 0 Å². The predicted octanol–water partition coefficient (Wildman–Crippen LogP) is 3.12. The first-order valence-electron chi connectivity index (χ1n) is 12.0. The van der Waals surface area contributed by atoms with Crippen molar-refractivity contribution in [3.63, 3.8) is 0 Å². The number of imide groups is 1. The van der Waals surface area contributed by atoms with Gasteiger partial charge in [0.05, 0.1) is 25.2 Å². The van der Waals surface area contributed by atoms with Gasteiger partial charge in [0, 0.05) is 0 Å². The lowest BCUT2D eigenvalue weighted by molar-refractivity contribution is -0.151. The standard InChI is InChI=1S/C27H35N3O4/c1-3-20(2)25(28)27(33)30(17-21-11-6-4-7-12-21)26(32)23-15-10-16-29(23)18-24(31)34-19-22-13-8-5-9-14-22/h4-9,11-14,20,23,25H,3,10,15-19,28H2,1-2H3/t20-,23+,25-/m0/s1. The van der Waals surface area contributed by atoms with E-state index in [9.17, 15) is 14.4 Å². The van der Waals surface area contributed by atoms with Crippen LogP contribution in [0, 0.1) is 5.92 Å². The van der Waals surface area contributed by atoms with Gasteiger partial charge in [0.25, 0.3) is 0 Å². The van der Waals surface area contributed by atoms with Crippen molar-refractivity contribution in [3.05, 3.63) is 71.8 Å². The minimum absolute atomic E-state index is 0.00796. The summed E-state index contributed by atoms with van der Waals surface area (Å²) in [7, 11) is 0. The number of ether oxygens (including phenoxy) is 1. The highest BCUT2D eigenvalue weighted by atomic mass is 16.5. The summed E-state index contributed by atoms with van der Waals surface area (Å²) in [4.78, 5) is 42.5. The SMILES string of the molecule is CC[C@H](C)[C@H](N)C(=O)N(Cc1ccccc1)C(=O)[C@H]1CCCN1CC(=O)OCc1ccccc1. The smallest absolute Gasteiger partial charge is 0.320 e. The Bertz CT molecular complexity index is 951. The second-order valence-corrected chi connectivity index (χ2v) is 8.93. The number of benzene rings is 2. The number of hydrogen-bond donors (Lipinski definition) is 1. The normalized spacial score (nSPS) is 17.7. The van der Waals surface area contributed by atoms with E-state index in [4.69, 9.17) is 10.5 Å². The van der Waals surface area contributed by atoms with Crippen molar-refractivity contribution in [2.75, 3.05) is 13.1 Å². The maximum atomic E-state index is 13.6. The van der Waals surface area contributed by atoms with Crippen LogP contribution in [0.25, 0.3) is 0 Å². The highest BCUT2D eigenvalue weighted by Gasteiger charge is 2.39. The molecule has 2 amide bonds. The Kier molecular flexibility index (Phi) is 9.36. The van der Waals surface area contributed by atoms with E-state index < -0.39 is 12.1 Å². The Hall–Kier alpha value is -3.03. The van der Waals surface area contributed by atoms with Crippen molar-refractivity contribution in [2.24, 2.45) is 11.7 Å². The minimum atomic E-state index is -0.761. The zero-order valence-corrected chi connectivity index (χ0v) is 20.1. The number of amides is 2. The average Bonchev–Trinajstić information content (AvgIpc) is 3.33. The summed E-state index contributed by atoms with van der Waals surface area (Å²) >= 11 is 0. The van der Waals surface area contributed by atoms with E-state index in [0.29, 0.717) is 13.0 Å². The van der Waals surface area contributed by atoms with Gasteiger partial charge in [-0.15, -0.1) is 0 Å². The number of rotatable bonds is 10. The molecule has 0 aliphatic carbocycles. The molecule has 1 aliphatic heterocycles. The monoisotopic (exact) mass is 465 g/mol. The largest absolute Gasteiger partial charge is 0.460 e. The van der Waals surface area contributed by atoms with Gasteiger partial charge < -0.3 is 10.5 Å². The van der Waals surface area contributed by atoms with Gasteiger partial charge in [-0.25, -0.2) is 0 Å². The summed E-state index contributed by atoms with van der Waals surface area (Å²) < 4.78 is 5.41. The number of esters is 1. The molecule has 3 rings (SSSR count). The molecular weight excluding hydrogens is 430 g/mol. The van der Waals surface area contributed by atoms with Gasteiger partial charge in [-0.1, -0.05) is 80.9 Å². The summed E-state index contributed by atoms with van der Waals surface area (Å²) in [6, 6.07) is 17.6. The van der Waals surface area contributed by atoms with Gasteiger partial charge in [-0.3, -0.25) is 24.2 Å². The molecule has 1 fully saturated rings. The fourth-order valence-corrected chi connectivity index (χ4v) is 4.13. The Morgan fingerprint density at radius 3 is 2.29 bits per heavy atom. The molecule has 2 N–H and O–H groups in total. The van der Waals surface area contributed by atoms with Crippen LogP contribution in [0.5, 0.6) is 0 Å².